The summed E-state index contributed by atoms with van der Waals surface area (Å²) in [5, 5.41) is 12.9. The fraction of sp³-hybridized carbons (Fsp3) is 0.500. The molecule has 0 aromatic carbocycles. The van der Waals surface area contributed by atoms with Crippen LogP contribution >= 0.6 is 0 Å². The van der Waals surface area contributed by atoms with Gasteiger partial charge in [0.1, 0.15) is 5.82 Å². The maximum atomic E-state index is 10.9. The SMILES string of the molecule is O=NN1Cc2nccn2CC(C(=O)O)C1. The van der Waals surface area contributed by atoms with Crippen LogP contribution in [0.1, 0.15) is 5.82 Å². The third-order valence-electron chi connectivity index (χ3n) is 2.44. The van der Waals surface area contributed by atoms with Crippen LogP contribution in [0.2, 0.25) is 0 Å². The van der Waals surface area contributed by atoms with E-state index in [0.29, 0.717) is 12.4 Å². The van der Waals surface area contributed by atoms with Gasteiger partial charge in [0.25, 0.3) is 0 Å². The number of aromatic nitrogens is 2. The Balaban J connectivity index is 2.28. The number of nitroso groups, excluding NO2 is 1. The summed E-state index contributed by atoms with van der Waals surface area (Å²) in [5.74, 6) is -0.887. The molecule has 80 valence electrons. The minimum atomic E-state index is -0.926. The zero-order valence-electron chi connectivity index (χ0n) is 7.91. The van der Waals surface area contributed by atoms with E-state index >= 15 is 0 Å². The fourth-order valence-electron chi connectivity index (χ4n) is 1.65. The van der Waals surface area contributed by atoms with Crippen molar-refractivity contribution >= 4 is 5.97 Å². The molecule has 1 aromatic rings. The van der Waals surface area contributed by atoms with Crippen molar-refractivity contribution in [1.29, 1.82) is 0 Å². The summed E-state index contributed by atoms with van der Waals surface area (Å²) < 4.78 is 1.74. The van der Waals surface area contributed by atoms with E-state index in [4.69, 9.17) is 5.11 Å². The average molecular weight is 210 g/mol. The number of carbonyl (C=O) groups is 1. The lowest BCUT2D eigenvalue weighted by atomic mass is 10.1. The van der Waals surface area contributed by atoms with E-state index in [2.05, 4.69) is 10.3 Å². The molecule has 0 spiro atoms. The molecule has 7 heteroatoms. The Morgan fingerprint density at radius 1 is 1.60 bits per heavy atom. The molecule has 0 fully saturated rings. The minimum Gasteiger partial charge on any atom is -0.481 e. The van der Waals surface area contributed by atoms with Crippen LogP contribution in [0.4, 0.5) is 0 Å². The zero-order valence-corrected chi connectivity index (χ0v) is 7.91. The van der Waals surface area contributed by atoms with Crippen LogP contribution < -0.4 is 0 Å². The summed E-state index contributed by atoms with van der Waals surface area (Å²) in [6.07, 6.45) is 3.29. The summed E-state index contributed by atoms with van der Waals surface area (Å²) in [5.41, 5.74) is 0. The van der Waals surface area contributed by atoms with Gasteiger partial charge in [0, 0.05) is 18.9 Å². The first-order valence-electron chi connectivity index (χ1n) is 4.51. The molecule has 0 saturated heterocycles. The second-order valence-electron chi connectivity index (χ2n) is 3.46. The van der Waals surface area contributed by atoms with Crippen molar-refractivity contribution in [2.24, 2.45) is 11.2 Å². The molecule has 15 heavy (non-hydrogen) atoms. The molecule has 0 saturated carbocycles. The van der Waals surface area contributed by atoms with Gasteiger partial charge in [-0.25, -0.2) is 4.98 Å². The standard InChI is InChI=1S/C8H10N4O3/c13-8(14)6-3-11-2-1-9-7(11)5-12(4-6)10-15/h1-2,6H,3-5H2,(H,13,14). The molecule has 0 radical (unpaired) electrons. The molecule has 1 aromatic heterocycles. The smallest absolute Gasteiger partial charge is 0.310 e. The molecule has 7 nitrogen and oxygen atoms in total. The second-order valence-corrected chi connectivity index (χ2v) is 3.46. The lowest BCUT2D eigenvalue weighted by molar-refractivity contribution is -0.142. The van der Waals surface area contributed by atoms with Crippen molar-refractivity contribution in [2.75, 3.05) is 6.54 Å². The summed E-state index contributed by atoms with van der Waals surface area (Å²) in [7, 11) is 0. The highest BCUT2D eigenvalue weighted by molar-refractivity contribution is 5.70. The maximum Gasteiger partial charge on any atom is 0.310 e. The van der Waals surface area contributed by atoms with Gasteiger partial charge in [-0.2, -0.15) is 0 Å². The van der Waals surface area contributed by atoms with Crippen LogP contribution in [-0.2, 0) is 17.9 Å². The Morgan fingerprint density at radius 2 is 2.40 bits per heavy atom. The van der Waals surface area contributed by atoms with E-state index in [1.165, 1.54) is 5.01 Å². The Labute approximate surface area is 85.3 Å². The van der Waals surface area contributed by atoms with Gasteiger partial charge in [0.05, 0.1) is 24.3 Å². The molecular formula is C8H10N4O3. The van der Waals surface area contributed by atoms with Gasteiger partial charge in [-0.15, -0.1) is 4.91 Å². The molecule has 1 N–H and O–H groups in total. The van der Waals surface area contributed by atoms with Crippen molar-refractivity contribution in [2.45, 2.75) is 13.1 Å². The molecule has 1 atom stereocenters. The largest absolute Gasteiger partial charge is 0.481 e. The van der Waals surface area contributed by atoms with Gasteiger partial charge in [0.15, 0.2) is 0 Å². The van der Waals surface area contributed by atoms with Crippen LogP contribution in [0.15, 0.2) is 17.7 Å². The Bertz CT molecular complexity index is 389. The van der Waals surface area contributed by atoms with Crippen molar-refractivity contribution < 1.29 is 9.90 Å². The topological polar surface area (TPSA) is 87.8 Å². The lowest BCUT2D eigenvalue weighted by Crippen LogP contribution is -2.28. The number of nitrogens with zero attached hydrogens (tertiary/aromatic N) is 4. The molecule has 0 bridgehead atoms. The van der Waals surface area contributed by atoms with E-state index in [9.17, 15) is 9.70 Å². The lowest BCUT2D eigenvalue weighted by Gasteiger charge is -2.14. The average Bonchev–Trinajstić information content (AvgIpc) is 2.55. The predicted octanol–water partition coefficient (Wildman–Crippen LogP) is 0.0809. The van der Waals surface area contributed by atoms with Gasteiger partial charge in [-0.1, -0.05) is 0 Å². The van der Waals surface area contributed by atoms with Crippen LogP contribution in [0.25, 0.3) is 0 Å². The van der Waals surface area contributed by atoms with Crippen LogP contribution in [0, 0.1) is 10.8 Å². The van der Waals surface area contributed by atoms with Gasteiger partial charge in [-0.05, 0) is 0 Å². The second kappa shape index (κ2) is 3.68. The Morgan fingerprint density at radius 3 is 3.07 bits per heavy atom. The molecule has 0 aliphatic carbocycles. The number of fused-ring (bicyclic) bond motifs is 1. The number of imidazole rings is 1. The molecule has 1 aliphatic heterocycles. The van der Waals surface area contributed by atoms with Crippen LogP contribution in [-0.4, -0.2) is 32.2 Å². The molecular weight excluding hydrogens is 200 g/mol. The Hall–Kier alpha value is -1.92. The van der Waals surface area contributed by atoms with Crippen molar-refractivity contribution in [1.82, 2.24) is 14.6 Å². The zero-order chi connectivity index (χ0) is 10.8. The number of rotatable bonds is 2. The highest BCUT2D eigenvalue weighted by atomic mass is 16.4. The first-order chi connectivity index (χ1) is 7.20. The summed E-state index contributed by atoms with van der Waals surface area (Å²) in [4.78, 5) is 25.4. The molecule has 2 rings (SSSR count). The van der Waals surface area contributed by atoms with Gasteiger partial charge >= 0.3 is 5.97 Å². The fourth-order valence-corrected chi connectivity index (χ4v) is 1.65. The summed E-state index contributed by atoms with van der Waals surface area (Å²) in [6, 6.07) is 0. The Kier molecular flexibility index (Phi) is 2.36. The van der Waals surface area contributed by atoms with Gasteiger partial charge in [0.2, 0.25) is 0 Å². The number of hydrogen-bond donors (Lipinski definition) is 1. The van der Waals surface area contributed by atoms with E-state index in [1.807, 2.05) is 0 Å². The molecule has 2 heterocycles. The molecule has 1 unspecified atom stereocenters. The van der Waals surface area contributed by atoms with E-state index in [1.54, 1.807) is 17.0 Å². The van der Waals surface area contributed by atoms with Crippen molar-refractivity contribution in [3.63, 3.8) is 0 Å². The summed E-state index contributed by atoms with van der Waals surface area (Å²) in [6.45, 7) is 0.721. The molecule has 1 aliphatic rings. The van der Waals surface area contributed by atoms with E-state index < -0.39 is 11.9 Å². The van der Waals surface area contributed by atoms with Crippen molar-refractivity contribution in [3.8, 4) is 0 Å². The van der Waals surface area contributed by atoms with Crippen LogP contribution in [0.5, 0.6) is 0 Å². The highest BCUT2D eigenvalue weighted by Crippen LogP contribution is 2.15. The first kappa shape index (κ1) is 9.63. The van der Waals surface area contributed by atoms with Crippen LogP contribution in [0.3, 0.4) is 0 Å². The normalized spacial score (nSPS) is 20.5. The molecule has 0 amide bonds. The van der Waals surface area contributed by atoms with Gasteiger partial charge in [-0.3, -0.25) is 9.80 Å². The maximum absolute atomic E-state index is 10.9. The third kappa shape index (κ3) is 1.80. The van der Waals surface area contributed by atoms with E-state index in [-0.39, 0.29) is 13.1 Å². The minimum absolute atomic E-state index is 0.127. The monoisotopic (exact) mass is 210 g/mol. The van der Waals surface area contributed by atoms with Crippen molar-refractivity contribution in [3.05, 3.63) is 23.1 Å². The first-order valence-corrected chi connectivity index (χ1v) is 4.51. The van der Waals surface area contributed by atoms with E-state index in [0.717, 1.165) is 0 Å². The predicted molar refractivity (Wildman–Crippen MR) is 49.6 cm³/mol. The number of hydrogen-bond acceptors (Lipinski definition) is 4. The summed E-state index contributed by atoms with van der Waals surface area (Å²) >= 11 is 0. The third-order valence-corrected chi connectivity index (χ3v) is 2.44. The number of carboxylic acids is 1. The number of aliphatic carboxylic acids is 1. The highest BCUT2D eigenvalue weighted by Gasteiger charge is 2.26. The number of carboxylic acid groups (broad SMARTS) is 1. The quantitative estimate of drug-likeness (QED) is 0.698. The van der Waals surface area contributed by atoms with Gasteiger partial charge < -0.3 is 9.67 Å².